The molecule has 0 radical (unpaired) electrons. The van der Waals surface area contributed by atoms with E-state index in [4.69, 9.17) is 11.5 Å². The zero-order chi connectivity index (χ0) is 13.1. The molecule has 1 aromatic rings. The molecule has 1 aliphatic rings. The predicted molar refractivity (Wildman–Crippen MR) is 75.9 cm³/mol. The molecule has 0 bridgehead atoms. The normalized spacial score (nSPS) is 16.6. The highest BCUT2D eigenvalue weighted by Gasteiger charge is 2.25. The molecule has 0 saturated heterocycles. The summed E-state index contributed by atoms with van der Waals surface area (Å²) in [4.78, 5) is 14.9. The summed E-state index contributed by atoms with van der Waals surface area (Å²) in [6.07, 6.45) is 0.832. The van der Waals surface area contributed by atoms with Crippen molar-refractivity contribution in [2.45, 2.75) is 24.3 Å². The molecule has 1 aliphatic heterocycles. The van der Waals surface area contributed by atoms with Crippen LogP contribution in [0.2, 0.25) is 0 Å². The molecule has 0 spiro atoms. The van der Waals surface area contributed by atoms with Crippen molar-refractivity contribution in [3.8, 4) is 0 Å². The third-order valence-corrected chi connectivity index (χ3v) is 3.92. The van der Waals surface area contributed by atoms with E-state index in [1.165, 1.54) is 5.56 Å². The summed E-state index contributed by atoms with van der Waals surface area (Å²) < 4.78 is 0. The number of hydrogen-bond donors (Lipinski definition) is 2. The number of benzene rings is 1. The molecule has 4 N–H and O–H groups in total. The van der Waals surface area contributed by atoms with Crippen molar-refractivity contribution in [2.75, 3.05) is 23.7 Å². The van der Waals surface area contributed by atoms with Gasteiger partial charge in [0.1, 0.15) is 0 Å². The molecule has 1 amide bonds. The summed E-state index contributed by atoms with van der Waals surface area (Å²) in [6.45, 7) is 3.10. The van der Waals surface area contributed by atoms with Gasteiger partial charge in [-0.25, -0.2) is 0 Å². The fourth-order valence-electron chi connectivity index (χ4n) is 2.06. The van der Waals surface area contributed by atoms with Crippen LogP contribution in [0.25, 0.3) is 0 Å². The number of carbonyl (C=O) groups excluding carboxylic acids is 1. The number of rotatable bonds is 4. The second kappa shape index (κ2) is 5.73. The number of thioether (sulfide) groups is 1. The second-order valence-corrected chi connectivity index (χ2v) is 5.63. The van der Waals surface area contributed by atoms with Crippen LogP contribution in [0.4, 0.5) is 5.69 Å². The van der Waals surface area contributed by atoms with Crippen molar-refractivity contribution in [1.82, 2.24) is 0 Å². The Kier molecular flexibility index (Phi) is 4.27. The highest BCUT2D eigenvalue weighted by atomic mass is 32.2. The van der Waals surface area contributed by atoms with Crippen LogP contribution in [0, 0.1) is 0 Å². The van der Waals surface area contributed by atoms with Crippen LogP contribution < -0.4 is 16.4 Å². The Balaban J connectivity index is 2.33. The highest BCUT2D eigenvalue weighted by Crippen LogP contribution is 2.36. The van der Waals surface area contributed by atoms with Crippen LogP contribution in [0.1, 0.15) is 12.5 Å². The van der Waals surface area contributed by atoms with Crippen LogP contribution >= 0.6 is 11.8 Å². The molecule has 0 fully saturated rings. The molecule has 4 nitrogen and oxygen atoms in total. The molecule has 2 rings (SSSR count). The van der Waals surface area contributed by atoms with Crippen molar-refractivity contribution in [3.05, 3.63) is 23.8 Å². The Morgan fingerprint density at radius 1 is 1.50 bits per heavy atom. The summed E-state index contributed by atoms with van der Waals surface area (Å²) in [5, 5.41) is 0. The summed E-state index contributed by atoms with van der Waals surface area (Å²) in [7, 11) is 0. The Morgan fingerprint density at radius 3 is 2.94 bits per heavy atom. The van der Waals surface area contributed by atoms with E-state index in [2.05, 4.69) is 18.2 Å². The van der Waals surface area contributed by atoms with E-state index in [0.717, 1.165) is 17.0 Å². The molecule has 1 unspecified atom stereocenters. The highest BCUT2D eigenvalue weighted by molar-refractivity contribution is 8.00. The van der Waals surface area contributed by atoms with Gasteiger partial charge >= 0.3 is 0 Å². The maximum Gasteiger partial charge on any atom is 0.237 e. The van der Waals surface area contributed by atoms with E-state index in [1.807, 2.05) is 6.92 Å². The first-order valence-electron chi connectivity index (χ1n) is 6.13. The number of fused-ring (bicyclic) bond motifs is 1. The fourth-order valence-corrected chi connectivity index (χ4v) is 2.97. The monoisotopic (exact) mass is 265 g/mol. The van der Waals surface area contributed by atoms with Gasteiger partial charge in [0.05, 0.1) is 11.4 Å². The van der Waals surface area contributed by atoms with Crippen molar-refractivity contribution >= 4 is 23.4 Å². The van der Waals surface area contributed by atoms with Gasteiger partial charge < -0.3 is 16.4 Å². The molecule has 1 heterocycles. The molecule has 0 aliphatic carbocycles. The van der Waals surface area contributed by atoms with E-state index in [1.54, 1.807) is 16.7 Å². The molecular weight excluding hydrogens is 246 g/mol. The van der Waals surface area contributed by atoms with Gasteiger partial charge in [-0.1, -0.05) is 6.07 Å². The number of nitrogens with zero attached hydrogens (tertiary/aromatic N) is 1. The minimum Gasteiger partial charge on any atom is -0.330 e. The summed E-state index contributed by atoms with van der Waals surface area (Å²) in [5.41, 5.74) is 13.5. The Labute approximate surface area is 112 Å². The number of hydrogen-bond acceptors (Lipinski definition) is 4. The Bertz CT molecular complexity index is 448. The quantitative estimate of drug-likeness (QED) is 0.851. The molecule has 0 saturated carbocycles. The first-order valence-corrected chi connectivity index (χ1v) is 7.12. The molecular formula is C13H19N3OS. The smallest absolute Gasteiger partial charge is 0.237 e. The van der Waals surface area contributed by atoms with Crippen molar-refractivity contribution < 1.29 is 4.79 Å². The van der Waals surface area contributed by atoms with Gasteiger partial charge in [0.15, 0.2) is 0 Å². The topological polar surface area (TPSA) is 72.3 Å². The molecule has 18 heavy (non-hydrogen) atoms. The first-order chi connectivity index (χ1) is 8.61. The zero-order valence-electron chi connectivity index (χ0n) is 10.6. The van der Waals surface area contributed by atoms with Crippen molar-refractivity contribution in [2.24, 2.45) is 11.5 Å². The number of nitrogens with two attached hydrogens (primary N) is 2. The van der Waals surface area contributed by atoms with E-state index in [0.29, 0.717) is 18.8 Å². The lowest BCUT2D eigenvalue weighted by atomic mass is 10.1. The third kappa shape index (κ3) is 2.85. The molecule has 5 heteroatoms. The Hall–Kier alpha value is -1.04. The zero-order valence-corrected chi connectivity index (χ0v) is 11.4. The van der Waals surface area contributed by atoms with E-state index in [-0.39, 0.29) is 11.9 Å². The number of anilines is 1. The minimum absolute atomic E-state index is 0.0249. The lowest BCUT2D eigenvalue weighted by molar-refractivity contribution is -0.116. The maximum atomic E-state index is 12.0. The van der Waals surface area contributed by atoms with E-state index >= 15 is 0 Å². The van der Waals surface area contributed by atoms with E-state index in [9.17, 15) is 4.79 Å². The Morgan fingerprint density at radius 2 is 2.28 bits per heavy atom. The van der Waals surface area contributed by atoms with Crippen LogP contribution in [-0.2, 0) is 11.2 Å². The number of amides is 1. The first kappa shape index (κ1) is 13.4. The average Bonchev–Trinajstić information content (AvgIpc) is 2.33. The summed E-state index contributed by atoms with van der Waals surface area (Å²) in [6, 6.07) is 6.20. The van der Waals surface area contributed by atoms with E-state index < -0.39 is 0 Å². The lowest BCUT2D eigenvalue weighted by Crippen LogP contribution is -2.42. The fraction of sp³-hybridized carbons (Fsp3) is 0.462. The molecule has 1 atom stereocenters. The third-order valence-electron chi connectivity index (χ3n) is 2.87. The van der Waals surface area contributed by atoms with Crippen molar-refractivity contribution in [3.63, 3.8) is 0 Å². The maximum absolute atomic E-state index is 12.0. The molecule has 98 valence electrons. The summed E-state index contributed by atoms with van der Waals surface area (Å²) in [5.74, 6) is 0.630. The van der Waals surface area contributed by atoms with Crippen LogP contribution in [0.15, 0.2) is 23.1 Å². The van der Waals surface area contributed by atoms with Gasteiger partial charge in [-0.05, 0) is 37.6 Å². The minimum atomic E-state index is -0.0249. The van der Waals surface area contributed by atoms with Gasteiger partial charge in [0.25, 0.3) is 0 Å². The lowest BCUT2D eigenvalue weighted by Gasteiger charge is -2.30. The molecule has 0 aromatic heterocycles. The summed E-state index contributed by atoms with van der Waals surface area (Å²) >= 11 is 1.59. The SMILES string of the molecule is CC(N)CN1C(=O)CSc2ccc(CCN)cc21. The molecule has 1 aromatic carbocycles. The van der Waals surface area contributed by atoms with Crippen LogP contribution in [0.3, 0.4) is 0 Å². The van der Waals surface area contributed by atoms with Gasteiger partial charge in [-0.15, -0.1) is 11.8 Å². The van der Waals surface area contributed by atoms with Crippen molar-refractivity contribution in [1.29, 1.82) is 0 Å². The van der Waals surface area contributed by atoms with Gasteiger partial charge in [0.2, 0.25) is 5.91 Å². The van der Waals surface area contributed by atoms with Crippen LogP contribution in [0.5, 0.6) is 0 Å². The van der Waals surface area contributed by atoms with Gasteiger partial charge in [-0.2, -0.15) is 0 Å². The second-order valence-electron chi connectivity index (χ2n) is 4.61. The van der Waals surface area contributed by atoms with Crippen LogP contribution in [-0.4, -0.2) is 30.8 Å². The average molecular weight is 265 g/mol. The largest absolute Gasteiger partial charge is 0.330 e. The van der Waals surface area contributed by atoms with Gasteiger partial charge in [0, 0.05) is 17.5 Å². The number of carbonyl (C=O) groups is 1. The predicted octanol–water partition coefficient (Wildman–Crippen LogP) is 0.974. The van der Waals surface area contributed by atoms with Gasteiger partial charge in [-0.3, -0.25) is 4.79 Å². The standard InChI is InChI=1S/C13H19N3OS/c1-9(15)7-16-11-6-10(4-5-14)2-3-12(11)18-8-13(16)17/h2-3,6,9H,4-5,7-8,14-15H2,1H3.